The van der Waals surface area contributed by atoms with Crippen molar-refractivity contribution in [3.05, 3.63) is 42.0 Å². The van der Waals surface area contributed by atoms with E-state index >= 15 is 0 Å². The van der Waals surface area contributed by atoms with Crippen LogP contribution in [0.4, 0.5) is 0 Å². The minimum atomic E-state index is 0.0853. The van der Waals surface area contributed by atoms with Crippen LogP contribution in [0.25, 0.3) is 12.2 Å². The third kappa shape index (κ3) is 2.33. The van der Waals surface area contributed by atoms with Gasteiger partial charge < -0.3 is 5.02 Å². The Morgan fingerprint density at radius 3 is 2.69 bits per heavy atom. The van der Waals surface area contributed by atoms with Crippen molar-refractivity contribution in [2.45, 2.75) is 6.92 Å². The van der Waals surface area contributed by atoms with Gasteiger partial charge in [-0.2, -0.15) is 0 Å². The molecule has 0 spiro atoms. The highest BCUT2D eigenvalue weighted by Gasteiger charge is 1.98. The van der Waals surface area contributed by atoms with Crippen molar-refractivity contribution in [2.75, 3.05) is 0 Å². The molecular formula is C11H13BO. The third-order valence-electron chi connectivity index (χ3n) is 1.90. The van der Waals surface area contributed by atoms with Crippen LogP contribution in [0.2, 0.25) is 0 Å². The van der Waals surface area contributed by atoms with Crippen LogP contribution in [0.1, 0.15) is 18.1 Å². The molecule has 0 radical (unpaired) electrons. The Bertz CT molecular complexity index is 329. The standard InChI is InChI=1S/C11H13BO/c1-3-5-10-8-11(12-13)7-6-9(10)4-2/h3-8,12-13H,2H2,1H3/b5-3-. The lowest BCUT2D eigenvalue weighted by atomic mass is 9.86. The van der Waals surface area contributed by atoms with E-state index < -0.39 is 0 Å². The number of hydrogen-bond acceptors (Lipinski definition) is 1. The predicted octanol–water partition coefficient (Wildman–Crippen LogP) is 1.33. The Labute approximate surface area is 79.7 Å². The van der Waals surface area contributed by atoms with Gasteiger partial charge in [-0.1, -0.05) is 48.5 Å². The van der Waals surface area contributed by atoms with E-state index in [4.69, 9.17) is 5.02 Å². The maximum Gasteiger partial charge on any atom is 0.304 e. The van der Waals surface area contributed by atoms with E-state index in [1.807, 2.05) is 43.4 Å². The van der Waals surface area contributed by atoms with Crippen LogP contribution in [0.15, 0.2) is 30.9 Å². The fourth-order valence-corrected chi connectivity index (χ4v) is 1.23. The fraction of sp³-hybridized carbons (Fsp3) is 0.0909. The van der Waals surface area contributed by atoms with Crippen LogP contribution < -0.4 is 5.46 Å². The van der Waals surface area contributed by atoms with Crippen LogP contribution in [0.5, 0.6) is 0 Å². The van der Waals surface area contributed by atoms with E-state index in [9.17, 15) is 0 Å². The maximum absolute atomic E-state index is 8.94. The van der Waals surface area contributed by atoms with Crippen LogP contribution >= 0.6 is 0 Å². The fourth-order valence-electron chi connectivity index (χ4n) is 1.23. The van der Waals surface area contributed by atoms with Gasteiger partial charge in [-0.3, -0.25) is 0 Å². The Hall–Kier alpha value is -1.28. The summed E-state index contributed by atoms with van der Waals surface area (Å²) in [6, 6.07) is 5.84. The molecule has 0 fully saturated rings. The second-order valence-electron chi connectivity index (χ2n) is 2.83. The molecule has 0 atom stereocenters. The van der Waals surface area contributed by atoms with Crippen LogP contribution in [-0.2, 0) is 0 Å². The minimum Gasteiger partial charge on any atom is -0.449 e. The van der Waals surface area contributed by atoms with Gasteiger partial charge in [0.1, 0.15) is 0 Å². The minimum absolute atomic E-state index is 0.0853. The van der Waals surface area contributed by atoms with E-state index in [-0.39, 0.29) is 7.48 Å². The Morgan fingerprint density at radius 1 is 1.38 bits per heavy atom. The molecule has 13 heavy (non-hydrogen) atoms. The summed E-state index contributed by atoms with van der Waals surface area (Å²) in [6.45, 7) is 5.70. The van der Waals surface area contributed by atoms with Crippen molar-refractivity contribution in [2.24, 2.45) is 0 Å². The summed E-state index contributed by atoms with van der Waals surface area (Å²) in [5.41, 5.74) is 3.12. The maximum atomic E-state index is 8.94. The molecule has 1 aromatic carbocycles. The Kier molecular flexibility index (Phi) is 3.53. The molecule has 1 aromatic rings. The Morgan fingerprint density at radius 2 is 2.15 bits per heavy atom. The summed E-state index contributed by atoms with van der Waals surface area (Å²) in [4.78, 5) is 0. The Balaban J connectivity index is 3.17. The molecule has 66 valence electrons. The van der Waals surface area contributed by atoms with Gasteiger partial charge in [0.15, 0.2) is 0 Å². The SMILES string of the molecule is C=Cc1ccc(BO)cc1/C=C\C. The van der Waals surface area contributed by atoms with Gasteiger partial charge in [-0.05, 0) is 18.1 Å². The van der Waals surface area contributed by atoms with Crippen LogP contribution in [0, 0.1) is 0 Å². The lowest BCUT2D eigenvalue weighted by Gasteiger charge is -2.02. The molecule has 1 nitrogen and oxygen atoms in total. The van der Waals surface area contributed by atoms with Crippen molar-refractivity contribution in [3.8, 4) is 0 Å². The van der Waals surface area contributed by atoms with E-state index in [0.29, 0.717) is 0 Å². The summed E-state index contributed by atoms with van der Waals surface area (Å²) >= 11 is 0. The zero-order valence-corrected chi connectivity index (χ0v) is 7.83. The topological polar surface area (TPSA) is 20.2 Å². The second-order valence-corrected chi connectivity index (χ2v) is 2.83. The highest BCUT2D eigenvalue weighted by Crippen LogP contribution is 2.10. The summed E-state index contributed by atoms with van der Waals surface area (Å²) in [5.74, 6) is 0. The van der Waals surface area contributed by atoms with Gasteiger partial charge in [-0.15, -0.1) is 0 Å². The molecule has 2 heteroatoms. The molecule has 1 rings (SSSR count). The molecule has 0 aromatic heterocycles. The average molecular weight is 172 g/mol. The van der Waals surface area contributed by atoms with Crippen molar-refractivity contribution in [1.82, 2.24) is 0 Å². The molecule has 0 heterocycles. The molecule has 0 aliphatic carbocycles. The highest BCUT2D eigenvalue weighted by atomic mass is 16.2. The van der Waals surface area contributed by atoms with E-state index in [0.717, 1.165) is 16.6 Å². The first-order chi connectivity index (χ1) is 6.31. The highest BCUT2D eigenvalue weighted by molar-refractivity contribution is 6.45. The first kappa shape index (κ1) is 9.81. The third-order valence-corrected chi connectivity index (χ3v) is 1.90. The normalized spacial score (nSPS) is 10.3. The smallest absolute Gasteiger partial charge is 0.304 e. The van der Waals surface area contributed by atoms with Crippen molar-refractivity contribution >= 4 is 25.1 Å². The molecule has 0 saturated carbocycles. The summed E-state index contributed by atoms with van der Waals surface area (Å²) in [5, 5.41) is 8.94. The molecule has 0 amide bonds. The summed E-state index contributed by atoms with van der Waals surface area (Å²) < 4.78 is 0. The second kappa shape index (κ2) is 4.68. The van der Waals surface area contributed by atoms with Gasteiger partial charge in [0.25, 0.3) is 0 Å². The van der Waals surface area contributed by atoms with Crippen LogP contribution in [-0.4, -0.2) is 12.5 Å². The molecule has 0 aliphatic heterocycles. The van der Waals surface area contributed by atoms with Crippen molar-refractivity contribution < 1.29 is 5.02 Å². The first-order valence-electron chi connectivity index (χ1n) is 4.30. The van der Waals surface area contributed by atoms with Gasteiger partial charge >= 0.3 is 7.48 Å². The predicted molar refractivity (Wildman–Crippen MR) is 60.2 cm³/mol. The van der Waals surface area contributed by atoms with Crippen molar-refractivity contribution in [3.63, 3.8) is 0 Å². The van der Waals surface area contributed by atoms with Gasteiger partial charge in [0.2, 0.25) is 0 Å². The first-order valence-corrected chi connectivity index (χ1v) is 4.30. The molecule has 0 aliphatic rings. The molecule has 0 unspecified atom stereocenters. The molecule has 1 N–H and O–H groups in total. The number of rotatable bonds is 3. The van der Waals surface area contributed by atoms with Gasteiger partial charge in [0, 0.05) is 0 Å². The molecule has 0 saturated heterocycles. The number of allylic oxidation sites excluding steroid dienone is 1. The monoisotopic (exact) mass is 172 g/mol. The van der Waals surface area contributed by atoms with Gasteiger partial charge in [-0.25, -0.2) is 0 Å². The van der Waals surface area contributed by atoms with E-state index in [2.05, 4.69) is 6.58 Å². The zero-order valence-electron chi connectivity index (χ0n) is 7.83. The van der Waals surface area contributed by atoms with Gasteiger partial charge in [0.05, 0.1) is 0 Å². The molecular weight excluding hydrogens is 159 g/mol. The van der Waals surface area contributed by atoms with E-state index in [1.54, 1.807) is 0 Å². The number of hydrogen-bond donors (Lipinski definition) is 1. The zero-order chi connectivity index (χ0) is 9.68. The largest absolute Gasteiger partial charge is 0.449 e. The van der Waals surface area contributed by atoms with E-state index in [1.165, 1.54) is 0 Å². The summed E-state index contributed by atoms with van der Waals surface area (Å²) in [7, 11) is 0.0853. The van der Waals surface area contributed by atoms with Crippen LogP contribution in [0.3, 0.4) is 0 Å². The number of benzene rings is 1. The van der Waals surface area contributed by atoms with Crippen molar-refractivity contribution in [1.29, 1.82) is 0 Å². The average Bonchev–Trinajstić information content (AvgIpc) is 2.18. The summed E-state index contributed by atoms with van der Waals surface area (Å²) in [6.07, 6.45) is 5.80. The lowest BCUT2D eigenvalue weighted by molar-refractivity contribution is 0.615. The quantitative estimate of drug-likeness (QED) is 0.682. The molecule has 0 bridgehead atoms. The lowest BCUT2D eigenvalue weighted by Crippen LogP contribution is -2.13.